The molecule has 134 valence electrons. The maximum Gasteiger partial charge on any atom is 0.222 e. The van der Waals surface area contributed by atoms with Gasteiger partial charge in [0.1, 0.15) is 5.15 Å². The molecule has 24 heavy (non-hydrogen) atoms. The molecular formula is C18H29ClN4O. The monoisotopic (exact) mass is 352 g/mol. The van der Waals surface area contributed by atoms with Crippen molar-refractivity contribution in [2.45, 2.75) is 52.0 Å². The Balaban J connectivity index is 1.50. The zero-order valence-electron chi connectivity index (χ0n) is 14.9. The van der Waals surface area contributed by atoms with Gasteiger partial charge in [-0.2, -0.15) is 5.10 Å². The minimum Gasteiger partial charge on any atom is -0.343 e. The van der Waals surface area contributed by atoms with Crippen LogP contribution in [0.3, 0.4) is 0 Å². The molecular weight excluding hydrogens is 324 g/mol. The van der Waals surface area contributed by atoms with Gasteiger partial charge < -0.3 is 4.90 Å². The van der Waals surface area contributed by atoms with Crippen molar-refractivity contribution in [1.29, 1.82) is 0 Å². The topological polar surface area (TPSA) is 41.4 Å². The van der Waals surface area contributed by atoms with Gasteiger partial charge in [0.15, 0.2) is 0 Å². The number of amides is 1. The average molecular weight is 353 g/mol. The lowest BCUT2D eigenvalue weighted by Gasteiger charge is -2.33. The number of halogens is 1. The quantitative estimate of drug-likeness (QED) is 0.818. The maximum absolute atomic E-state index is 12.2. The van der Waals surface area contributed by atoms with Crippen molar-refractivity contribution in [2.75, 3.05) is 26.2 Å². The molecule has 1 aromatic heterocycles. The van der Waals surface area contributed by atoms with Crippen molar-refractivity contribution in [1.82, 2.24) is 19.6 Å². The number of carbonyl (C=O) groups excluding carboxylic acids is 1. The summed E-state index contributed by atoms with van der Waals surface area (Å²) in [6.45, 7) is 7.01. The molecule has 0 saturated carbocycles. The Morgan fingerprint density at radius 3 is 2.67 bits per heavy atom. The standard InChI is InChI=1S/C18H29ClN4O/c1-14-16(18(19)21(2)20-14)13-22-9-5-6-15(12-22)7-8-17(24)23-10-3-4-11-23/h15H,3-13H2,1-2H3/t15-/m0/s1. The molecule has 2 aliphatic rings. The molecule has 1 amide bonds. The zero-order valence-corrected chi connectivity index (χ0v) is 15.7. The molecule has 0 aromatic carbocycles. The van der Waals surface area contributed by atoms with Crippen LogP contribution in [0.1, 0.15) is 49.8 Å². The van der Waals surface area contributed by atoms with Crippen molar-refractivity contribution in [3.8, 4) is 0 Å². The van der Waals surface area contributed by atoms with Crippen LogP contribution in [0.4, 0.5) is 0 Å². The molecule has 2 fully saturated rings. The molecule has 0 aliphatic carbocycles. The van der Waals surface area contributed by atoms with E-state index in [2.05, 4.69) is 10.00 Å². The first-order valence-electron chi connectivity index (χ1n) is 9.22. The highest BCUT2D eigenvalue weighted by Crippen LogP contribution is 2.26. The second-order valence-corrected chi connectivity index (χ2v) is 7.71. The summed E-state index contributed by atoms with van der Waals surface area (Å²) in [6, 6.07) is 0. The summed E-state index contributed by atoms with van der Waals surface area (Å²) in [6.07, 6.45) is 6.53. The van der Waals surface area contributed by atoms with Crippen LogP contribution in [0, 0.1) is 12.8 Å². The van der Waals surface area contributed by atoms with Gasteiger partial charge in [-0.05, 0) is 51.5 Å². The van der Waals surface area contributed by atoms with Crippen LogP contribution in [-0.4, -0.2) is 51.7 Å². The molecule has 5 nitrogen and oxygen atoms in total. The minimum absolute atomic E-state index is 0.357. The predicted molar refractivity (Wildman–Crippen MR) is 96.0 cm³/mol. The Labute approximate surface area is 149 Å². The smallest absolute Gasteiger partial charge is 0.222 e. The van der Waals surface area contributed by atoms with E-state index in [9.17, 15) is 4.79 Å². The number of hydrogen-bond donors (Lipinski definition) is 0. The number of piperidine rings is 1. The van der Waals surface area contributed by atoms with Crippen molar-refractivity contribution >= 4 is 17.5 Å². The van der Waals surface area contributed by atoms with E-state index in [1.54, 1.807) is 4.68 Å². The second kappa shape index (κ2) is 7.87. The van der Waals surface area contributed by atoms with E-state index in [1.165, 1.54) is 25.7 Å². The van der Waals surface area contributed by atoms with E-state index in [0.717, 1.165) is 55.6 Å². The van der Waals surface area contributed by atoms with Crippen LogP contribution >= 0.6 is 11.6 Å². The molecule has 2 aliphatic heterocycles. The molecule has 0 N–H and O–H groups in total. The van der Waals surface area contributed by atoms with Gasteiger partial charge in [0, 0.05) is 45.2 Å². The third-order valence-corrected chi connectivity index (χ3v) is 5.95. The van der Waals surface area contributed by atoms with Crippen LogP contribution in [0.15, 0.2) is 0 Å². The third kappa shape index (κ3) is 4.12. The molecule has 0 spiro atoms. The van der Waals surface area contributed by atoms with Crippen LogP contribution in [0.2, 0.25) is 5.15 Å². The van der Waals surface area contributed by atoms with Crippen molar-refractivity contribution in [3.05, 3.63) is 16.4 Å². The van der Waals surface area contributed by atoms with Gasteiger partial charge in [-0.1, -0.05) is 11.6 Å². The molecule has 3 heterocycles. The third-order valence-electron chi connectivity index (χ3n) is 5.48. The summed E-state index contributed by atoms with van der Waals surface area (Å²) in [7, 11) is 1.89. The van der Waals surface area contributed by atoms with Gasteiger partial charge in [-0.15, -0.1) is 0 Å². The van der Waals surface area contributed by atoms with Gasteiger partial charge >= 0.3 is 0 Å². The lowest BCUT2D eigenvalue weighted by Crippen LogP contribution is -2.36. The summed E-state index contributed by atoms with van der Waals surface area (Å²) >= 11 is 6.37. The van der Waals surface area contributed by atoms with Crippen molar-refractivity contribution < 1.29 is 4.79 Å². The summed E-state index contributed by atoms with van der Waals surface area (Å²) in [5, 5.41) is 5.16. The van der Waals surface area contributed by atoms with Crippen LogP contribution in [0.25, 0.3) is 0 Å². The van der Waals surface area contributed by atoms with Crippen LogP contribution < -0.4 is 0 Å². The molecule has 1 aromatic rings. The Morgan fingerprint density at radius 2 is 2.00 bits per heavy atom. The Kier molecular flexibility index (Phi) is 5.82. The lowest BCUT2D eigenvalue weighted by atomic mass is 9.93. The largest absolute Gasteiger partial charge is 0.343 e. The number of aryl methyl sites for hydroxylation is 2. The maximum atomic E-state index is 12.2. The number of nitrogens with zero attached hydrogens (tertiary/aromatic N) is 4. The molecule has 2 saturated heterocycles. The van der Waals surface area contributed by atoms with E-state index in [4.69, 9.17) is 11.6 Å². The van der Waals surface area contributed by atoms with E-state index >= 15 is 0 Å². The van der Waals surface area contributed by atoms with E-state index in [0.29, 0.717) is 18.2 Å². The highest BCUT2D eigenvalue weighted by Gasteiger charge is 2.24. The Morgan fingerprint density at radius 1 is 1.25 bits per heavy atom. The van der Waals surface area contributed by atoms with Gasteiger partial charge in [-0.25, -0.2) is 0 Å². The predicted octanol–water partition coefficient (Wildman–Crippen LogP) is 3.00. The molecule has 1 atom stereocenters. The van der Waals surface area contributed by atoms with E-state index in [1.807, 2.05) is 18.9 Å². The summed E-state index contributed by atoms with van der Waals surface area (Å²) in [5.74, 6) is 0.983. The van der Waals surface area contributed by atoms with Gasteiger partial charge in [0.05, 0.1) is 5.69 Å². The van der Waals surface area contributed by atoms with E-state index in [-0.39, 0.29) is 0 Å². The second-order valence-electron chi connectivity index (χ2n) is 7.35. The lowest BCUT2D eigenvalue weighted by molar-refractivity contribution is -0.130. The number of rotatable bonds is 5. The fraction of sp³-hybridized carbons (Fsp3) is 0.778. The van der Waals surface area contributed by atoms with Crippen molar-refractivity contribution in [3.63, 3.8) is 0 Å². The van der Waals surface area contributed by atoms with Gasteiger partial charge in [-0.3, -0.25) is 14.4 Å². The van der Waals surface area contributed by atoms with Crippen LogP contribution in [0.5, 0.6) is 0 Å². The fourth-order valence-electron chi connectivity index (χ4n) is 4.06. The highest BCUT2D eigenvalue weighted by atomic mass is 35.5. The first-order valence-corrected chi connectivity index (χ1v) is 9.60. The van der Waals surface area contributed by atoms with Gasteiger partial charge in [0.25, 0.3) is 0 Å². The number of hydrogen-bond acceptors (Lipinski definition) is 3. The fourth-order valence-corrected chi connectivity index (χ4v) is 4.29. The highest BCUT2D eigenvalue weighted by molar-refractivity contribution is 6.30. The number of aromatic nitrogens is 2. The summed E-state index contributed by atoms with van der Waals surface area (Å²) in [5.41, 5.74) is 2.17. The normalized spacial score (nSPS) is 22.3. The van der Waals surface area contributed by atoms with Gasteiger partial charge in [0.2, 0.25) is 5.91 Å². The molecule has 6 heteroatoms. The zero-order chi connectivity index (χ0) is 17.1. The molecule has 0 radical (unpaired) electrons. The molecule has 0 bridgehead atoms. The first kappa shape index (κ1) is 17.7. The number of carbonyl (C=O) groups is 1. The SMILES string of the molecule is Cc1nn(C)c(Cl)c1CN1CCC[C@@H](CCC(=O)N2CCCC2)C1. The number of likely N-dealkylation sites (tertiary alicyclic amines) is 2. The average Bonchev–Trinajstić information content (AvgIpc) is 3.18. The molecule has 3 rings (SSSR count). The van der Waals surface area contributed by atoms with Crippen molar-refractivity contribution in [2.24, 2.45) is 13.0 Å². The Hall–Kier alpha value is -1.07. The first-order chi connectivity index (χ1) is 11.5. The Bertz CT molecular complexity index is 580. The minimum atomic E-state index is 0.357. The van der Waals surface area contributed by atoms with Crippen LogP contribution in [-0.2, 0) is 18.4 Å². The summed E-state index contributed by atoms with van der Waals surface area (Å²) < 4.78 is 1.75. The van der Waals surface area contributed by atoms with E-state index < -0.39 is 0 Å². The molecule has 0 unspecified atom stereocenters. The summed E-state index contributed by atoms with van der Waals surface area (Å²) in [4.78, 5) is 16.8.